The lowest BCUT2D eigenvalue weighted by atomic mass is 9.98. The molecular formula is C24H25Cl2FN4. The Morgan fingerprint density at radius 1 is 1.16 bits per heavy atom. The molecule has 4 nitrogen and oxygen atoms in total. The van der Waals surface area contributed by atoms with Crippen molar-refractivity contribution in [3.05, 3.63) is 69.8 Å². The molecule has 7 heteroatoms. The Labute approximate surface area is 192 Å². The van der Waals surface area contributed by atoms with E-state index in [1.807, 2.05) is 12.3 Å². The van der Waals surface area contributed by atoms with Gasteiger partial charge in [-0.1, -0.05) is 43.6 Å². The maximum atomic E-state index is 14.8. The van der Waals surface area contributed by atoms with E-state index in [1.165, 1.54) is 11.1 Å². The Bertz CT molecular complexity index is 1240. The number of nitrogens with one attached hydrogen (secondary N) is 2. The van der Waals surface area contributed by atoms with E-state index in [1.54, 1.807) is 6.07 Å². The van der Waals surface area contributed by atoms with Crippen LogP contribution < -0.4 is 5.32 Å². The van der Waals surface area contributed by atoms with Gasteiger partial charge in [0.1, 0.15) is 10.8 Å². The number of hydrogen-bond donors (Lipinski definition) is 2. The first-order valence-electron chi connectivity index (χ1n) is 10.5. The zero-order valence-corrected chi connectivity index (χ0v) is 19.1. The van der Waals surface area contributed by atoms with E-state index >= 15 is 0 Å². The van der Waals surface area contributed by atoms with Gasteiger partial charge >= 0.3 is 0 Å². The molecule has 0 amide bonds. The molecule has 162 valence electrons. The second kappa shape index (κ2) is 8.65. The van der Waals surface area contributed by atoms with Crippen molar-refractivity contribution in [1.29, 1.82) is 0 Å². The molecule has 0 saturated heterocycles. The molecule has 0 aliphatic carbocycles. The van der Waals surface area contributed by atoms with Gasteiger partial charge in [-0.25, -0.2) is 9.07 Å². The highest BCUT2D eigenvalue weighted by Gasteiger charge is 2.27. The van der Waals surface area contributed by atoms with Gasteiger partial charge in [-0.3, -0.25) is 0 Å². The normalized spacial score (nSPS) is 13.3. The van der Waals surface area contributed by atoms with Crippen LogP contribution in [0.3, 0.4) is 0 Å². The average Bonchev–Trinajstić information content (AvgIpc) is 3.41. The van der Waals surface area contributed by atoms with Gasteiger partial charge in [0.25, 0.3) is 0 Å². The maximum absolute atomic E-state index is 14.8. The van der Waals surface area contributed by atoms with Gasteiger partial charge in [-0.05, 0) is 36.1 Å². The molecule has 1 aliphatic heterocycles. The highest BCUT2D eigenvalue weighted by atomic mass is 35.5. The summed E-state index contributed by atoms with van der Waals surface area (Å²) in [5.41, 5.74) is 8.20. The van der Waals surface area contributed by atoms with Crippen LogP contribution in [-0.2, 0) is 25.8 Å². The quantitative estimate of drug-likeness (QED) is 0.393. The van der Waals surface area contributed by atoms with Crippen LogP contribution in [0.2, 0.25) is 5.02 Å². The number of para-hydroxylation sites is 1. The number of aromatic nitrogens is 3. The fourth-order valence-electron chi connectivity index (χ4n) is 4.59. The fourth-order valence-corrected chi connectivity index (χ4v) is 4.80. The van der Waals surface area contributed by atoms with Crippen molar-refractivity contribution in [3.8, 4) is 16.9 Å². The second-order valence-corrected chi connectivity index (χ2v) is 8.11. The van der Waals surface area contributed by atoms with E-state index in [2.05, 4.69) is 47.0 Å². The molecular weight excluding hydrogens is 434 g/mol. The fraction of sp³-hybridized carbons (Fsp3) is 0.292. The number of aryl methyl sites for hydroxylation is 2. The molecule has 2 aromatic heterocycles. The van der Waals surface area contributed by atoms with E-state index < -0.39 is 5.82 Å². The number of aromatic amines is 1. The molecule has 0 radical (unpaired) electrons. The minimum absolute atomic E-state index is 0. The van der Waals surface area contributed by atoms with Crippen LogP contribution in [0.5, 0.6) is 0 Å². The SMILES string of the molecule is CCc1cccc(CC)c1-n1nc2c(c1-c1cc(F)c(Cl)c3[nH]ccc13)CNCC2.Cl. The molecule has 0 fully saturated rings. The van der Waals surface area contributed by atoms with Gasteiger partial charge in [0.2, 0.25) is 0 Å². The van der Waals surface area contributed by atoms with Crippen LogP contribution in [0.4, 0.5) is 4.39 Å². The zero-order chi connectivity index (χ0) is 20.8. The summed E-state index contributed by atoms with van der Waals surface area (Å²) in [6, 6.07) is 9.94. The first-order chi connectivity index (χ1) is 14.6. The van der Waals surface area contributed by atoms with Crippen LogP contribution in [-0.4, -0.2) is 21.3 Å². The van der Waals surface area contributed by atoms with Crippen LogP contribution in [0.25, 0.3) is 27.8 Å². The number of halogens is 3. The predicted octanol–water partition coefficient (Wildman–Crippen LogP) is 6.01. The minimum Gasteiger partial charge on any atom is -0.360 e. The van der Waals surface area contributed by atoms with Gasteiger partial charge in [0.15, 0.2) is 0 Å². The molecule has 0 atom stereocenters. The Morgan fingerprint density at radius 3 is 2.61 bits per heavy atom. The Kier molecular flexibility index (Phi) is 6.11. The van der Waals surface area contributed by atoms with E-state index in [9.17, 15) is 4.39 Å². The summed E-state index contributed by atoms with van der Waals surface area (Å²) in [6.45, 7) is 5.94. The second-order valence-electron chi connectivity index (χ2n) is 7.73. The standard InChI is InChI=1S/C24H24ClFN4.ClH/c1-3-14-6-5-7-15(4-2)23(14)30-24(18-13-27-10-9-20(18)29-30)17-12-19(26)21(25)22-16(17)8-11-28-22;/h5-8,11-12,27-28H,3-4,9-10,13H2,1-2H3;1H. The van der Waals surface area contributed by atoms with E-state index in [4.69, 9.17) is 16.7 Å². The van der Waals surface area contributed by atoms with Crippen molar-refractivity contribution >= 4 is 34.9 Å². The highest BCUT2D eigenvalue weighted by molar-refractivity contribution is 6.35. The lowest BCUT2D eigenvalue weighted by Crippen LogP contribution is -2.23. The lowest BCUT2D eigenvalue weighted by molar-refractivity contribution is 0.629. The summed E-state index contributed by atoms with van der Waals surface area (Å²) in [5, 5.41) is 9.56. The summed E-state index contributed by atoms with van der Waals surface area (Å²) in [7, 11) is 0. The molecule has 0 spiro atoms. The van der Waals surface area contributed by atoms with Crippen LogP contribution in [0.1, 0.15) is 36.2 Å². The monoisotopic (exact) mass is 458 g/mol. The van der Waals surface area contributed by atoms with Crippen LogP contribution in [0.15, 0.2) is 36.5 Å². The van der Waals surface area contributed by atoms with Gasteiger partial charge in [0.05, 0.1) is 22.6 Å². The molecule has 4 aromatic rings. The third-order valence-electron chi connectivity index (χ3n) is 6.08. The Morgan fingerprint density at radius 2 is 1.90 bits per heavy atom. The summed E-state index contributed by atoms with van der Waals surface area (Å²) >= 11 is 6.26. The molecule has 2 N–H and O–H groups in total. The van der Waals surface area contributed by atoms with Crippen molar-refractivity contribution in [3.63, 3.8) is 0 Å². The third-order valence-corrected chi connectivity index (χ3v) is 6.45. The largest absolute Gasteiger partial charge is 0.360 e. The molecule has 0 bridgehead atoms. The van der Waals surface area contributed by atoms with Gasteiger partial charge in [-0.15, -0.1) is 12.4 Å². The topological polar surface area (TPSA) is 45.6 Å². The predicted molar refractivity (Wildman–Crippen MR) is 127 cm³/mol. The third kappa shape index (κ3) is 3.45. The summed E-state index contributed by atoms with van der Waals surface area (Å²) in [6.07, 6.45) is 4.47. The molecule has 1 aliphatic rings. The van der Waals surface area contributed by atoms with Crippen LogP contribution >= 0.6 is 24.0 Å². The molecule has 2 aromatic carbocycles. The number of H-pyrrole nitrogens is 1. The zero-order valence-electron chi connectivity index (χ0n) is 17.6. The molecule has 0 unspecified atom stereocenters. The molecule has 3 heterocycles. The van der Waals surface area contributed by atoms with Crippen LogP contribution in [0, 0.1) is 5.82 Å². The Hall–Kier alpha value is -2.34. The van der Waals surface area contributed by atoms with Crippen molar-refractivity contribution in [1.82, 2.24) is 20.1 Å². The molecule has 0 saturated carbocycles. The Balaban J connectivity index is 0.00000231. The minimum atomic E-state index is -0.425. The summed E-state index contributed by atoms with van der Waals surface area (Å²) < 4.78 is 16.9. The van der Waals surface area contributed by atoms with E-state index in [0.29, 0.717) is 5.52 Å². The van der Waals surface area contributed by atoms with Crippen molar-refractivity contribution < 1.29 is 4.39 Å². The van der Waals surface area contributed by atoms with E-state index in [-0.39, 0.29) is 17.4 Å². The number of hydrogen-bond acceptors (Lipinski definition) is 2. The maximum Gasteiger partial charge on any atom is 0.144 e. The van der Waals surface area contributed by atoms with Crippen molar-refractivity contribution in [2.24, 2.45) is 0 Å². The number of benzene rings is 2. The van der Waals surface area contributed by atoms with Crippen molar-refractivity contribution in [2.75, 3.05) is 6.54 Å². The number of nitrogens with zero attached hydrogens (tertiary/aromatic N) is 2. The van der Waals surface area contributed by atoms with Gasteiger partial charge in [-0.2, -0.15) is 5.10 Å². The first-order valence-corrected chi connectivity index (χ1v) is 10.9. The average molecular weight is 459 g/mol. The van der Waals surface area contributed by atoms with Crippen molar-refractivity contribution in [2.45, 2.75) is 39.7 Å². The number of rotatable bonds is 4. The van der Waals surface area contributed by atoms with Gasteiger partial charge < -0.3 is 10.3 Å². The first kappa shape index (κ1) is 21.9. The van der Waals surface area contributed by atoms with Gasteiger partial charge in [0, 0.05) is 42.2 Å². The highest BCUT2D eigenvalue weighted by Crippen LogP contribution is 2.39. The number of fused-ring (bicyclic) bond motifs is 2. The summed E-state index contributed by atoms with van der Waals surface area (Å²) in [5.74, 6) is -0.425. The molecule has 5 rings (SSSR count). The van der Waals surface area contributed by atoms with E-state index in [0.717, 1.165) is 65.9 Å². The smallest absolute Gasteiger partial charge is 0.144 e. The summed E-state index contributed by atoms with van der Waals surface area (Å²) in [4.78, 5) is 3.10. The molecule has 31 heavy (non-hydrogen) atoms. The lowest BCUT2D eigenvalue weighted by Gasteiger charge is -2.18.